The van der Waals surface area contributed by atoms with Crippen molar-refractivity contribution in [2.24, 2.45) is 5.92 Å². The van der Waals surface area contributed by atoms with Crippen molar-refractivity contribution in [2.75, 3.05) is 31.8 Å². The number of ether oxygens (including phenoxy) is 5. The van der Waals surface area contributed by atoms with E-state index in [1.54, 1.807) is 20.8 Å². The predicted octanol–water partition coefficient (Wildman–Crippen LogP) is 8.52. The van der Waals surface area contributed by atoms with Gasteiger partial charge in [0, 0.05) is 24.3 Å². The molecular formula is C39H71NO10S. The topological polar surface area (TPSA) is 144 Å². The summed E-state index contributed by atoms with van der Waals surface area (Å²) in [5.41, 5.74) is -1.30. The third-order valence-corrected chi connectivity index (χ3v) is 8.89. The van der Waals surface area contributed by atoms with Gasteiger partial charge in [-0.3, -0.25) is 19.2 Å². The van der Waals surface area contributed by atoms with E-state index in [1.807, 2.05) is 20.8 Å². The van der Waals surface area contributed by atoms with Crippen LogP contribution in [0.1, 0.15) is 158 Å². The van der Waals surface area contributed by atoms with Gasteiger partial charge < -0.3 is 29.0 Å². The van der Waals surface area contributed by atoms with Gasteiger partial charge in [0.2, 0.25) is 0 Å². The number of amides is 1. The number of unbranched alkanes of at least 4 members (excludes halogenated alkanes) is 10. The number of rotatable bonds is 29. The Hall–Kier alpha value is -2.34. The number of methoxy groups -OCH3 is 1. The smallest absolute Gasteiger partial charge is 0.408 e. The summed E-state index contributed by atoms with van der Waals surface area (Å²) in [6.45, 7) is 15.1. The fourth-order valence-corrected chi connectivity index (χ4v) is 5.96. The quantitative estimate of drug-likeness (QED) is 0.0447. The number of thioether (sulfide) groups is 1. The minimum Gasteiger partial charge on any atom is -0.469 e. The van der Waals surface area contributed by atoms with E-state index in [0.29, 0.717) is 18.6 Å². The van der Waals surface area contributed by atoms with Crippen molar-refractivity contribution in [1.29, 1.82) is 0 Å². The first-order valence-electron chi connectivity index (χ1n) is 19.2. The largest absolute Gasteiger partial charge is 0.469 e. The highest BCUT2D eigenvalue weighted by Crippen LogP contribution is 2.19. The molecule has 0 saturated carbocycles. The summed E-state index contributed by atoms with van der Waals surface area (Å²) < 4.78 is 27.2. The highest BCUT2D eigenvalue weighted by molar-refractivity contribution is 7.99. The van der Waals surface area contributed by atoms with Crippen molar-refractivity contribution in [2.45, 2.75) is 181 Å². The molecule has 0 aliphatic heterocycles. The first-order valence-corrected chi connectivity index (χ1v) is 20.3. The van der Waals surface area contributed by atoms with Gasteiger partial charge in [-0.2, -0.15) is 11.8 Å². The minimum absolute atomic E-state index is 0.00589. The van der Waals surface area contributed by atoms with E-state index in [4.69, 9.17) is 23.7 Å². The molecule has 0 unspecified atom stereocenters. The Morgan fingerprint density at radius 3 is 1.88 bits per heavy atom. The van der Waals surface area contributed by atoms with Gasteiger partial charge in [-0.05, 0) is 60.8 Å². The van der Waals surface area contributed by atoms with E-state index in [0.717, 1.165) is 38.5 Å². The molecule has 11 nitrogen and oxygen atoms in total. The number of carbonyl (C=O) groups is 5. The molecule has 51 heavy (non-hydrogen) atoms. The molecule has 0 aliphatic rings. The summed E-state index contributed by atoms with van der Waals surface area (Å²) in [4.78, 5) is 63.7. The van der Waals surface area contributed by atoms with Crippen LogP contribution in [0.3, 0.4) is 0 Å². The van der Waals surface area contributed by atoms with Crippen LogP contribution in [0.4, 0.5) is 4.79 Å². The number of ketones is 1. The van der Waals surface area contributed by atoms with E-state index >= 15 is 0 Å². The van der Waals surface area contributed by atoms with Crippen LogP contribution < -0.4 is 5.32 Å². The Balaban J connectivity index is 5.13. The zero-order chi connectivity index (χ0) is 38.7. The van der Waals surface area contributed by atoms with Crippen LogP contribution in [0, 0.1) is 5.92 Å². The lowest BCUT2D eigenvalue weighted by Gasteiger charge is -2.25. The number of alkyl carbamates (subject to hydrolysis) is 1. The number of nitrogens with one attached hydrogen (secondary N) is 1. The van der Waals surface area contributed by atoms with Gasteiger partial charge in [0.05, 0.1) is 37.7 Å². The van der Waals surface area contributed by atoms with Crippen molar-refractivity contribution >= 4 is 41.5 Å². The Bertz CT molecular complexity index is 991. The zero-order valence-corrected chi connectivity index (χ0v) is 34.2. The molecule has 0 aromatic rings. The first-order chi connectivity index (χ1) is 24.0. The van der Waals surface area contributed by atoms with Gasteiger partial charge in [0.25, 0.3) is 0 Å². The summed E-state index contributed by atoms with van der Waals surface area (Å²) >= 11 is 1.32. The lowest BCUT2D eigenvalue weighted by Crippen LogP contribution is -2.46. The highest BCUT2D eigenvalue weighted by atomic mass is 32.2. The molecule has 0 heterocycles. The lowest BCUT2D eigenvalue weighted by atomic mass is 9.99. The molecule has 0 bridgehead atoms. The Labute approximate surface area is 313 Å². The molecule has 0 fully saturated rings. The van der Waals surface area contributed by atoms with E-state index in [1.165, 1.54) is 57.4 Å². The van der Waals surface area contributed by atoms with Crippen molar-refractivity contribution in [1.82, 2.24) is 5.32 Å². The average molecular weight is 746 g/mol. The van der Waals surface area contributed by atoms with Gasteiger partial charge in [0.1, 0.15) is 18.3 Å². The average Bonchev–Trinajstić information content (AvgIpc) is 3.03. The van der Waals surface area contributed by atoms with Crippen molar-refractivity contribution in [3.05, 3.63) is 0 Å². The number of hydrogen-bond acceptors (Lipinski definition) is 11. The molecule has 298 valence electrons. The maximum absolute atomic E-state index is 13.4. The van der Waals surface area contributed by atoms with Gasteiger partial charge in [-0.15, -0.1) is 0 Å². The molecular weight excluding hydrogens is 674 g/mol. The van der Waals surface area contributed by atoms with Crippen molar-refractivity contribution in [3.8, 4) is 0 Å². The second-order valence-electron chi connectivity index (χ2n) is 15.2. The summed E-state index contributed by atoms with van der Waals surface area (Å²) in [5.74, 6) is -2.00. The molecule has 3 atom stereocenters. The van der Waals surface area contributed by atoms with Crippen LogP contribution >= 0.6 is 11.8 Å². The van der Waals surface area contributed by atoms with E-state index in [2.05, 4.69) is 19.2 Å². The Kier molecular flexibility index (Phi) is 26.9. The van der Waals surface area contributed by atoms with Crippen LogP contribution in [-0.2, 0) is 42.9 Å². The monoisotopic (exact) mass is 745 g/mol. The summed E-state index contributed by atoms with van der Waals surface area (Å²) in [6, 6.07) is -0.963. The maximum Gasteiger partial charge on any atom is 0.408 e. The van der Waals surface area contributed by atoms with Crippen molar-refractivity contribution in [3.63, 3.8) is 0 Å². The Morgan fingerprint density at radius 1 is 0.725 bits per heavy atom. The summed E-state index contributed by atoms with van der Waals surface area (Å²) in [5, 5.41) is 2.63. The van der Waals surface area contributed by atoms with Crippen LogP contribution in [0.25, 0.3) is 0 Å². The number of Topliss-reactive ketones (excluding diaryl/α,β-unsaturated/α-hetero) is 1. The second kappa shape index (κ2) is 28.2. The first kappa shape index (κ1) is 48.7. The van der Waals surface area contributed by atoms with Gasteiger partial charge in [-0.25, -0.2) is 4.79 Å². The molecule has 0 aromatic carbocycles. The van der Waals surface area contributed by atoms with Crippen LogP contribution in [0.5, 0.6) is 0 Å². The molecule has 0 aromatic heterocycles. The molecule has 0 saturated heterocycles. The standard InChI is InChI=1S/C39H71NO10S/c1-10-12-14-15-16-17-18-19-21-22-31(49-34(42)23-20-13-11-2)27-35(43)47-24-25-51-29-32(40-37(45)50-39(6,7)8)33(41)26-30(36(44)46-9)28-48-38(3,4)5/h30-32H,10-29H2,1-9H3,(H,40,45)/t30-,31+,32-/m0/s1. The van der Waals surface area contributed by atoms with E-state index in [9.17, 15) is 24.0 Å². The van der Waals surface area contributed by atoms with Gasteiger partial charge in [-0.1, -0.05) is 78.1 Å². The van der Waals surface area contributed by atoms with Crippen LogP contribution in [0.2, 0.25) is 0 Å². The minimum atomic E-state index is -0.963. The van der Waals surface area contributed by atoms with E-state index < -0.39 is 47.3 Å². The maximum atomic E-state index is 13.4. The fraction of sp³-hybridized carbons (Fsp3) is 0.872. The molecule has 1 amide bonds. The normalized spacial score (nSPS) is 13.5. The number of carbonyl (C=O) groups excluding carboxylic acids is 5. The lowest BCUT2D eigenvalue weighted by molar-refractivity contribution is -0.155. The van der Waals surface area contributed by atoms with Gasteiger partial charge in [0.15, 0.2) is 5.78 Å². The second-order valence-corrected chi connectivity index (χ2v) is 16.3. The molecule has 0 spiro atoms. The molecule has 12 heteroatoms. The number of hydrogen-bond donors (Lipinski definition) is 1. The highest BCUT2D eigenvalue weighted by Gasteiger charge is 2.31. The number of esters is 3. The molecule has 0 rings (SSSR count). The molecule has 0 aliphatic carbocycles. The third kappa shape index (κ3) is 28.9. The van der Waals surface area contributed by atoms with Gasteiger partial charge >= 0.3 is 24.0 Å². The SMILES string of the molecule is CCCCCCCCCCC[C@H](CC(=O)OCCSC[C@H](NC(=O)OC(C)(C)C)C(=O)C[C@@H](COC(C)(C)C)C(=O)OC)OC(=O)CCCCC. The predicted molar refractivity (Wildman–Crippen MR) is 203 cm³/mol. The molecule has 1 N–H and O–H groups in total. The summed E-state index contributed by atoms with van der Waals surface area (Å²) in [7, 11) is 1.25. The fourth-order valence-electron chi connectivity index (χ4n) is 5.09. The Morgan fingerprint density at radius 2 is 1.31 bits per heavy atom. The van der Waals surface area contributed by atoms with Crippen LogP contribution in [-0.4, -0.2) is 85.0 Å². The zero-order valence-electron chi connectivity index (χ0n) is 33.4. The van der Waals surface area contributed by atoms with Crippen LogP contribution in [0.15, 0.2) is 0 Å². The summed E-state index contributed by atoms with van der Waals surface area (Å²) in [6.07, 6.45) is 12.8. The third-order valence-electron chi connectivity index (χ3n) is 7.86. The molecule has 0 radical (unpaired) electrons. The van der Waals surface area contributed by atoms with E-state index in [-0.39, 0.29) is 43.6 Å². The van der Waals surface area contributed by atoms with Crippen molar-refractivity contribution < 1.29 is 47.7 Å².